The van der Waals surface area contributed by atoms with Gasteiger partial charge in [0, 0.05) is 0 Å². The lowest BCUT2D eigenvalue weighted by molar-refractivity contribution is -0.137. The number of carbonyl (C=O) groups excluding carboxylic acids is 1. The highest BCUT2D eigenvalue weighted by atomic mass is 32.2. The molecule has 2 rings (SSSR count). The molecule has 4 nitrogen and oxygen atoms in total. The van der Waals surface area contributed by atoms with Gasteiger partial charge in [0.25, 0.3) is 5.91 Å². The van der Waals surface area contributed by atoms with Gasteiger partial charge < -0.3 is 0 Å². The van der Waals surface area contributed by atoms with Gasteiger partial charge in [-0.3, -0.25) is 4.79 Å². The summed E-state index contributed by atoms with van der Waals surface area (Å²) in [5.41, 5.74) is 2.15. The second-order valence-electron chi connectivity index (χ2n) is 3.79. The summed E-state index contributed by atoms with van der Waals surface area (Å²) in [4.78, 5) is 15.4. The lowest BCUT2D eigenvalue weighted by atomic mass is 10.1. The van der Waals surface area contributed by atoms with Gasteiger partial charge in [-0.2, -0.15) is 18.2 Å². The first kappa shape index (κ1) is 14.6. The van der Waals surface area contributed by atoms with Crippen LogP contribution in [0.4, 0.5) is 13.2 Å². The third-order valence-electron chi connectivity index (χ3n) is 2.42. The molecule has 1 heterocycles. The quantitative estimate of drug-likeness (QED) is 0.841. The molecule has 0 aromatic heterocycles. The SMILES string of the molecule is CCC1=N[N]C(=NC(=O)c2ccccc2C(F)(F)F)S1. The van der Waals surface area contributed by atoms with Crippen molar-refractivity contribution in [2.45, 2.75) is 19.5 Å². The molecule has 1 aliphatic rings. The van der Waals surface area contributed by atoms with Crippen LogP contribution in [0.2, 0.25) is 0 Å². The highest BCUT2D eigenvalue weighted by Crippen LogP contribution is 2.32. The van der Waals surface area contributed by atoms with Crippen LogP contribution >= 0.6 is 11.8 Å². The summed E-state index contributed by atoms with van der Waals surface area (Å²) >= 11 is 1.08. The van der Waals surface area contributed by atoms with Gasteiger partial charge >= 0.3 is 6.18 Å². The highest BCUT2D eigenvalue weighted by molar-refractivity contribution is 8.26. The zero-order chi connectivity index (χ0) is 14.8. The lowest BCUT2D eigenvalue weighted by Gasteiger charge is -2.09. The maximum atomic E-state index is 12.8. The van der Waals surface area contributed by atoms with Crippen molar-refractivity contribution < 1.29 is 18.0 Å². The van der Waals surface area contributed by atoms with Crippen LogP contribution in [-0.2, 0) is 6.18 Å². The minimum atomic E-state index is -4.60. The van der Waals surface area contributed by atoms with Crippen LogP contribution in [0.25, 0.3) is 0 Å². The number of hydrogen-bond donors (Lipinski definition) is 0. The lowest BCUT2D eigenvalue weighted by Crippen LogP contribution is -2.13. The molecular weight excluding hydrogens is 291 g/mol. The summed E-state index contributed by atoms with van der Waals surface area (Å²) in [5.74, 6) is -0.975. The summed E-state index contributed by atoms with van der Waals surface area (Å²) in [6, 6.07) is 4.52. The number of benzene rings is 1. The van der Waals surface area contributed by atoms with Crippen molar-refractivity contribution in [3.05, 3.63) is 35.4 Å². The molecule has 1 aromatic carbocycles. The van der Waals surface area contributed by atoms with E-state index in [1.54, 1.807) is 0 Å². The van der Waals surface area contributed by atoms with E-state index >= 15 is 0 Å². The fraction of sp³-hybridized carbons (Fsp3) is 0.250. The molecule has 0 saturated heterocycles. The Morgan fingerprint density at radius 3 is 2.65 bits per heavy atom. The zero-order valence-electron chi connectivity index (χ0n) is 10.3. The summed E-state index contributed by atoms with van der Waals surface area (Å²) in [5, 5.41) is 4.48. The summed E-state index contributed by atoms with van der Waals surface area (Å²) < 4.78 is 38.4. The van der Waals surface area contributed by atoms with E-state index in [-0.39, 0.29) is 5.17 Å². The Balaban J connectivity index is 2.26. The van der Waals surface area contributed by atoms with E-state index in [4.69, 9.17) is 0 Å². The molecule has 20 heavy (non-hydrogen) atoms. The van der Waals surface area contributed by atoms with Gasteiger partial charge in [-0.05, 0) is 30.3 Å². The highest BCUT2D eigenvalue weighted by Gasteiger charge is 2.35. The van der Waals surface area contributed by atoms with E-state index < -0.39 is 23.2 Å². The van der Waals surface area contributed by atoms with Gasteiger partial charge in [0.2, 0.25) is 5.17 Å². The molecule has 1 aliphatic heterocycles. The molecule has 1 radical (unpaired) electrons. The van der Waals surface area contributed by atoms with Gasteiger partial charge in [-0.25, -0.2) is 0 Å². The number of aliphatic imine (C=N–C) groups is 1. The number of nitrogens with zero attached hydrogens (tertiary/aromatic N) is 3. The van der Waals surface area contributed by atoms with Gasteiger partial charge in [0.1, 0.15) is 5.04 Å². The predicted octanol–water partition coefficient (Wildman–Crippen LogP) is 3.28. The standard InChI is InChI=1S/C12H9F3N3OS/c1-2-9-17-18-11(20-9)16-10(19)7-5-3-4-6-8(7)12(13,14)15/h3-6H,2H2,1H3. The molecule has 0 spiro atoms. The predicted molar refractivity (Wildman–Crippen MR) is 70.7 cm³/mol. The van der Waals surface area contributed by atoms with E-state index in [0.717, 1.165) is 23.9 Å². The molecular formula is C12H9F3N3OS. The van der Waals surface area contributed by atoms with Crippen molar-refractivity contribution in [2.24, 2.45) is 10.1 Å². The molecule has 0 atom stereocenters. The Kier molecular flexibility index (Phi) is 4.12. The van der Waals surface area contributed by atoms with Crippen LogP contribution in [-0.4, -0.2) is 16.1 Å². The fourth-order valence-electron chi connectivity index (χ4n) is 1.50. The Labute approximate surface area is 117 Å². The second kappa shape index (κ2) is 5.66. The number of amides is 1. The molecule has 1 amide bonds. The molecule has 0 unspecified atom stereocenters. The molecule has 0 saturated carbocycles. The molecule has 0 aliphatic carbocycles. The minimum Gasteiger partial charge on any atom is -0.267 e. The summed E-state index contributed by atoms with van der Waals surface area (Å²) in [6.45, 7) is 1.85. The van der Waals surface area contributed by atoms with E-state index in [2.05, 4.69) is 15.5 Å². The van der Waals surface area contributed by atoms with Crippen LogP contribution in [0.3, 0.4) is 0 Å². The van der Waals surface area contributed by atoms with Crippen LogP contribution < -0.4 is 5.43 Å². The molecule has 8 heteroatoms. The van der Waals surface area contributed by atoms with Crippen molar-refractivity contribution in [1.29, 1.82) is 0 Å². The number of alkyl halides is 3. The number of thioether (sulfide) groups is 1. The monoisotopic (exact) mass is 300 g/mol. The van der Waals surface area contributed by atoms with E-state index in [1.807, 2.05) is 6.92 Å². The van der Waals surface area contributed by atoms with E-state index in [9.17, 15) is 18.0 Å². The smallest absolute Gasteiger partial charge is 0.267 e. The molecule has 0 bridgehead atoms. The molecule has 105 valence electrons. The third kappa shape index (κ3) is 3.19. The third-order valence-corrected chi connectivity index (χ3v) is 3.38. The molecule has 0 N–H and O–H groups in total. The first-order valence-electron chi connectivity index (χ1n) is 5.66. The zero-order valence-corrected chi connectivity index (χ0v) is 11.1. The van der Waals surface area contributed by atoms with Gasteiger partial charge in [-0.1, -0.05) is 19.1 Å². The topological polar surface area (TPSA) is 55.9 Å². The average Bonchev–Trinajstić information content (AvgIpc) is 2.85. The van der Waals surface area contributed by atoms with Gasteiger partial charge in [-0.15, -0.1) is 10.5 Å². The fourth-order valence-corrected chi connectivity index (χ4v) is 2.14. The maximum Gasteiger partial charge on any atom is 0.417 e. The van der Waals surface area contributed by atoms with Crippen LogP contribution in [0.1, 0.15) is 29.3 Å². The Morgan fingerprint density at radius 1 is 1.35 bits per heavy atom. The van der Waals surface area contributed by atoms with E-state index in [1.165, 1.54) is 12.1 Å². The molecule has 0 fully saturated rings. The van der Waals surface area contributed by atoms with Crippen LogP contribution in [0, 0.1) is 0 Å². The molecule has 1 aromatic rings. The second-order valence-corrected chi connectivity index (χ2v) is 4.83. The Morgan fingerprint density at radius 2 is 2.05 bits per heavy atom. The van der Waals surface area contributed by atoms with Gasteiger partial charge in [0.15, 0.2) is 0 Å². The van der Waals surface area contributed by atoms with Crippen molar-refractivity contribution in [3.63, 3.8) is 0 Å². The Hall–Kier alpha value is -1.83. The number of hydrogen-bond acceptors (Lipinski definition) is 3. The normalized spacial score (nSPS) is 17.0. The van der Waals surface area contributed by atoms with Crippen molar-refractivity contribution >= 4 is 27.9 Å². The van der Waals surface area contributed by atoms with E-state index in [0.29, 0.717) is 11.5 Å². The first-order chi connectivity index (χ1) is 9.41. The number of carbonyl (C=O) groups is 1. The maximum absolute atomic E-state index is 12.8. The number of rotatable bonds is 2. The van der Waals surface area contributed by atoms with Gasteiger partial charge in [0.05, 0.1) is 11.1 Å². The van der Waals surface area contributed by atoms with Crippen LogP contribution in [0.15, 0.2) is 34.4 Å². The first-order valence-corrected chi connectivity index (χ1v) is 6.48. The minimum absolute atomic E-state index is 0.0591. The summed E-state index contributed by atoms with van der Waals surface area (Å²) in [6.07, 6.45) is -3.97. The summed E-state index contributed by atoms with van der Waals surface area (Å²) in [7, 11) is 0. The Bertz CT molecular complexity index is 596. The van der Waals surface area contributed by atoms with Crippen molar-refractivity contribution in [3.8, 4) is 0 Å². The number of halogens is 3. The number of amidine groups is 1. The largest absolute Gasteiger partial charge is 0.417 e. The van der Waals surface area contributed by atoms with Crippen molar-refractivity contribution in [2.75, 3.05) is 0 Å². The average molecular weight is 300 g/mol. The van der Waals surface area contributed by atoms with Crippen LogP contribution in [0.5, 0.6) is 0 Å². The van der Waals surface area contributed by atoms with Crippen molar-refractivity contribution in [1.82, 2.24) is 5.43 Å².